The molecule has 0 radical (unpaired) electrons. The topological polar surface area (TPSA) is 80.2 Å². The first-order valence-electron chi connectivity index (χ1n) is 7.48. The lowest BCUT2D eigenvalue weighted by atomic mass is 10.1. The van der Waals surface area contributed by atoms with Gasteiger partial charge < -0.3 is 14.6 Å². The minimum absolute atomic E-state index is 0.124. The number of ether oxygens (including phenoxy) is 2. The lowest BCUT2D eigenvalue weighted by molar-refractivity contribution is 0.0954. The highest BCUT2D eigenvalue weighted by Crippen LogP contribution is 2.27. The lowest BCUT2D eigenvalue weighted by Gasteiger charge is -2.10. The number of phenolic OH excluding ortho intramolecular Hbond substituents is 1. The molecule has 0 heterocycles. The van der Waals surface area contributed by atoms with Gasteiger partial charge in [-0.1, -0.05) is 19.1 Å². The summed E-state index contributed by atoms with van der Waals surface area (Å²) in [6, 6.07) is 11.7. The van der Waals surface area contributed by atoms with E-state index in [1.54, 1.807) is 42.5 Å². The number of rotatable bonds is 6. The van der Waals surface area contributed by atoms with Crippen molar-refractivity contribution in [2.75, 3.05) is 14.2 Å². The van der Waals surface area contributed by atoms with Gasteiger partial charge in [0.25, 0.3) is 5.91 Å². The average Bonchev–Trinajstić information content (AvgIpc) is 2.62. The van der Waals surface area contributed by atoms with Gasteiger partial charge in [0.15, 0.2) is 11.5 Å². The zero-order valence-corrected chi connectivity index (χ0v) is 13.9. The second kappa shape index (κ2) is 8.01. The zero-order chi connectivity index (χ0) is 17.5. The van der Waals surface area contributed by atoms with Crippen molar-refractivity contribution in [1.29, 1.82) is 0 Å². The highest BCUT2D eigenvalue weighted by atomic mass is 16.5. The lowest BCUT2D eigenvalue weighted by Crippen LogP contribution is -2.20. The van der Waals surface area contributed by atoms with Crippen LogP contribution in [-0.2, 0) is 0 Å². The van der Waals surface area contributed by atoms with E-state index < -0.39 is 0 Å². The fourth-order valence-electron chi connectivity index (χ4n) is 2.21. The van der Waals surface area contributed by atoms with Crippen LogP contribution in [0.2, 0.25) is 0 Å². The molecule has 2 aromatic rings. The molecule has 0 atom stereocenters. The Labute approximate surface area is 140 Å². The predicted octanol–water partition coefficient (Wildman–Crippen LogP) is 2.95. The SMILES string of the molecule is CCC(=NNC(=O)c1ccc(OC)c(OC)c1)c1ccccc1O. The van der Waals surface area contributed by atoms with E-state index in [4.69, 9.17) is 9.47 Å². The largest absolute Gasteiger partial charge is 0.507 e. The van der Waals surface area contributed by atoms with Crippen molar-refractivity contribution < 1.29 is 19.4 Å². The van der Waals surface area contributed by atoms with Crippen LogP contribution in [0.15, 0.2) is 47.6 Å². The molecule has 0 aliphatic heterocycles. The first-order valence-corrected chi connectivity index (χ1v) is 7.48. The molecule has 126 valence electrons. The number of para-hydroxylation sites is 1. The normalized spacial score (nSPS) is 11.0. The Morgan fingerprint density at radius 3 is 2.46 bits per heavy atom. The van der Waals surface area contributed by atoms with Gasteiger partial charge in [-0.2, -0.15) is 5.10 Å². The van der Waals surface area contributed by atoms with Crippen LogP contribution in [-0.4, -0.2) is 30.9 Å². The minimum Gasteiger partial charge on any atom is -0.507 e. The quantitative estimate of drug-likeness (QED) is 0.631. The number of hydrazone groups is 1. The number of hydrogen-bond acceptors (Lipinski definition) is 5. The van der Waals surface area contributed by atoms with Crippen LogP contribution in [0.4, 0.5) is 0 Å². The summed E-state index contributed by atoms with van der Waals surface area (Å²) in [7, 11) is 3.03. The van der Waals surface area contributed by atoms with Crippen LogP contribution in [0.25, 0.3) is 0 Å². The third-order valence-corrected chi connectivity index (χ3v) is 3.49. The summed E-state index contributed by atoms with van der Waals surface area (Å²) in [6.07, 6.45) is 0.559. The van der Waals surface area contributed by atoms with E-state index in [-0.39, 0.29) is 11.7 Å². The van der Waals surface area contributed by atoms with Crippen molar-refractivity contribution in [2.24, 2.45) is 5.10 Å². The van der Waals surface area contributed by atoms with Gasteiger partial charge in [0, 0.05) is 11.1 Å². The molecule has 0 spiro atoms. The molecular weight excluding hydrogens is 308 g/mol. The molecular formula is C18H20N2O4. The summed E-state index contributed by atoms with van der Waals surface area (Å²) >= 11 is 0. The first-order chi connectivity index (χ1) is 11.6. The molecule has 24 heavy (non-hydrogen) atoms. The van der Waals surface area contributed by atoms with Gasteiger partial charge in [-0.3, -0.25) is 4.79 Å². The first kappa shape index (κ1) is 17.3. The maximum Gasteiger partial charge on any atom is 0.271 e. The molecule has 0 aliphatic carbocycles. The molecule has 2 aromatic carbocycles. The Hall–Kier alpha value is -3.02. The van der Waals surface area contributed by atoms with Crippen LogP contribution in [0, 0.1) is 0 Å². The second-order valence-corrected chi connectivity index (χ2v) is 4.94. The fourth-order valence-corrected chi connectivity index (χ4v) is 2.21. The summed E-state index contributed by atoms with van der Waals surface area (Å²) in [5.41, 5.74) is 4.07. The number of amides is 1. The number of nitrogens with zero attached hydrogens (tertiary/aromatic N) is 1. The number of nitrogens with one attached hydrogen (secondary N) is 1. The number of benzene rings is 2. The maximum atomic E-state index is 12.3. The van der Waals surface area contributed by atoms with E-state index in [9.17, 15) is 9.90 Å². The monoisotopic (exact) mass is 328 g/mol. The summed E-state index contributed by atoms with van der Waals surface area (Å²) in [4.78, 5) is 12.3. The van der Waals surface area contributed by atoms with Crippen molar-refractivity contribution in [3.8, 4) is 17.2 Å². The van der Waals surface area contributed by atoms with Crippen molar-refractivity contribution in [3.05, 3.63) is 53.6 Å². The van der Waals surface area contributed by atoms with Crippen LogP contribution in [0.1, 0.15) is 29.3 Å². The number of methoxy groups -OCH3 is 2. The van der Waals surface area contributed by atoms with Gasteiger partial charge in [0.1, 0.15) is 5.75 Å². The third kappa shape index (κ3) is 3.84. The summed E-state index contributed by atoms with van der Waals surface area (Å²) in [5.74, 6) is 0.752. The molecule has 0 fully saturated rings. The van der Waals surface area contributed by atoms with E-state index >= 15 is 0 Å². The van der Waals surface area contributed by atoms with Gasteiger partial charge in [-0.15, -0.1) is 0 Å². The molecule has 6 heteroatoms. The Kier molecular flexibility index (Phi) is 5.78. The molecule has 0 bridgehead atoms. The van der Waals surface area contributed by atoms with Crippen molar-refractivity contribution >= 4 is 11.6 Å². The van der Waals surface area contributed by atoms with E-state index in [1.807, 2.05) is 6.92 Å². The van der Waals surface area contributed by atoms with Gasteiger partial charge in [0.05, 0.1) is 19.9 Å². The molecule has 0 saturated carbocycles. The molecule has 2 N–H and O–H groups in total. The minimum atomic E-state index is -0.377. The standard InChI is InChI=1S/C18H20N2O4/c1-4-14(13-7-5-6-8-15(13)21)19-20-18(22)12-9-10-16(23-2)17(11-12)24-3/h5-11,21H,4H2,1-3H3,(H,20,22). The number of carbonyl (C=O) groups excluding carboxylic acids is 1. The van der Waals surface area contributed by atoms with Gasteiger partial charge >= 0.3 is 0 Å². The Morgan fingerprint density at radius 2 is 1.83 bits per heavy atom. The summed E-state index contributed by atoms with van der Waals surface area (Å²) in [5, 5.41) is 14.0. The Balaban J connectivity index is 2.21. The van der Waals surface area contributed by atoms with E-state index in [0.29, 0.717) is 34.8 Å². The fraction of sp³-hybridized carbons (Fsp3) is 0.222. The number of hydrogen-bond donors (Lipinski definition) is 2. The number of carbonyl (C=O) groups is 1. The zero-order valence-electron chi connectivity index (χ0n) is 13.9. The van der Waals surface area contributed by atoms with E-state index in [1.165, 1.54) is 14.2 Å². The molecule has 0 unspecified atom stereocenters. The van der Waals surface area contributed by atoms with E-state index in [2.05, 4.69) is 10.5 Å². The number of phenols is 1. The van der Waals surface area contributed by atoms with Crippen molar-refractivity contribution in [1.82, 2.24) is 5.43 Å². The van der Waals surface area contributed by atoms with Crippen molar-refractivity contribution in [2.45, 2.75) is 13.3 Å². The van der Waals surface area contributed by atoms with Crippen LogP contribution < -0.4 is 14.9 Å². The van der Waals surface area contributed by atoms with Crippen LogP contribution in [0.5, 0.6) is 17.2 Å². The number of aromatic hydroxyl groups is 1. The highest BCUT2D eigenvalue weighted by molar-refractivity contribution is 6.04. The van der Waals surface area contributed by atoms with E-state index in [0.717, 1.165) is 0 Å². The van der Waals surface area contributed by atoms with Crippen molar-refractivity contribution in [3.63, 3.8) is 0 Å². The Bertz CT molecular complexity index is 756. The highest BCUT2D eigenvalue weighted by Gasteiger charge is 2.11. The second-order valence-electron chi connectivity index (χ2n) is 4.94. The summed E-state index contributed by atoms with van der Waals surface area (Å²) in [6.45, 7) is 1.90. The van der Waals surface area contributed by atoms with Gasteiger partial charge in [0.2, 0.25) is 0 Å². The molecule has 6 nitrogen and oxygen atoms in total. The smallest absolute Gasteiger partial charge is 0.271 e. The third-order valence-electron chi connectivity index (χ3n) is 3.49. The van der Waals surface area contributed by atoms with Gasteiger partial charge in [-0.05, 0) is 36.8 Å². The molecule has 0 aromatic heterocycles. The molecule has 0 aliphatic rings. The predicted molar refractivity (Wildman–Crippen MR) is 91.9 cm³/mol. The molecule has 0 saturated heterocycles. The van der Waals surface area contributed by atoms with Crippen LogP contribution in [0.3, 0.4) is 0 Å². The van der Waals surface area contributed by atoms with Crippen LogP contribution >= 0.6 is 0 Å². The molecule has 2 rings (SSSR count). The molecule has 1 amide bonds. The average molecular weight is 328 g/mol. The Morgan fingerprint density at radius 1 is 1.12 bits per heavy atom. The maximum absolute atomic E-state index is 12.3. The van der Waals surface area contributed by atoms with Gasteiger partial charge in [-0.25, -0.2) is 5.43 Å². The summed E-state index contributed by atoms with van der Waals surface area (Å²) < 4.78 is 10.3.